The Morgan fingerprint density at radius 1 is 1.38 bits per heavy atom. The van der Waals surface area contributed by atoms with Crippen LogP contribution < -0.4 is 10.1 Å². The lowest BCUT2D eigenvalue weighted by Crippen LogP contribution is -2.24. The number of benzene rings is 1. The van der Waals surface area contributed by atoms with Gasteiger partial charge in [0.05, 0.1) is 24.4 Å². The summed E-state index contributed by atoms with van der Waals surface area (Å²) < 4.78 is 18.9. The number of methoxy groups -OCH3 is 1. The van der Waals surface area contributed by atoms with E-state index in [0.717, 1.165) is 18.5 Å². The van der Waals surface area contributed by atoms with E-state index in [1.54, 1.807) is 25.6 Å². The first kappa shape index (κ1) is 15.7. The molecule has 0 aliphatic heterocycles. The van der Waals surface area contributed by atoms with Crippen LogP contribution in [0.5, 0.6) is 5.75 Å². The van der Waals surface area contributed by atoms with E-state index in [0.29, 0.717) is 11.3 Å². The third-order valence-electron chi connectivity index (χ3n) is 3.19. The maximum Gasteiger partial charge on any atom is 0.142 e. The van der Waals surface area contributed by atoms with Gasteiger partial charge in [-0.05, 0) is 36.2 Å². The van der Waals surface area contributed by atoms with Gasteiger partial charge in [-0.1, -0.05) is 30.7 Å². The lowest BCUT2D eigenvalue weighted by atomic mass is 9.99. The molecular weight excluding hydrogens is 291 g/mol. The number of nitrogens with zero attached hydrogens (tertiary/aromatic N) is 1. The zero-order chi connectivity index (χ0) is 15.2. The van der Waals surface area contributed by atoms with Crippen molar-refractivity contribution in [2.45, 2.75) is 19.4 Å². The van der Waals surface area contributed by atoms with Crippen LogP contribution in [0.15, 0.2) is 36.7 Å². The molecule has 1 atom stereocenters. The topological polar surface area (TPSA) is 34.2 Å². The van der Waals surface area contributed by atoms with Gasteiger partial charge in [0.15, 0.2) is 0 Å². The standard InChI is InChI=1S/C16H18ClFN2O/c1-3-7-20-16(11-8-12(21-2)10-19-9-11)13-5-4-6-14(18)15(13)17/h4-6,8-10,16,20H,3,7H2,1-2H3. The predicted molar refractivity (Wildman–Crippen MR) is 82.3 cm³/mol. The molecule has 0 spiro atoms. The fourth-order valence-electron chi connectivity index (χ4n) is 2.14. The fraction of sp³-hybridized carbons (Fsp3) is 0.312. The SMILES string of the molecule is CCCNC(c1cncc(OC)c1)c1cccc(F)c1Cl. The highest BCUT2D eigenvalue weighted by molar-refractivity contribution is 6.31. The van der Waals surface area contributed by atoms with E-state index in [2.05, 4.69) is 17.2 Å². The first-order chi connectivity index (χ1) is 10.2. The van der Waals surface area contributed by atoms with E-state index < -0.39 is 5.82 Å². The van der Waals surface area contributed by atoms with Crippen molar-refractivity contribution in [2.24, 2.45) is 0 Å². The largest absolute Gasteiger partial charge is 0.495 e. The summed E-state index contributed by atoms with van der Waals surface area (Å²) in [4.78, 5) is 4.16. The van der Waals surface area contributed by atoms with Crippen LogP contribution >= 0.6 is 11.6 Å². The molecule has 1 N–H and O–H groups in total. The summed E-state index contributed by atoms with van der Waals surface area (Å²) in [6.07, 6.45) is 4.32. The number of nitrogens with one attached hydrogen (secondary N) is 1. The maximum absolute atomic E-state index is 13.7. The number of ether oxygens (including phenoxy) is 1. The van der Waals surface area contributed by atoms with Crippen LogP contribution in [-0.2, 0) is 0 Å². The van der Waals surface area contributed by atoms with Crippen molar-refractivity contribution < 1.29 is 9.13 Å². The second-order valence-electron chi connectivity index (χ2n) is 4.69. The van der Waals surface area contributed by atoms with Crippen LogP contribution in [0.2, 0.25) is 5.02 Å². The zero-order valence-electron chi connectivity index (χ0n) is 12.1. The van der Waals surface area contributed by atoms with E-state index in [1.165, 1.54) is 6.07 Å². The Morgan fingerprint density at radius 3 is 2.90 bits per heavy atom. The predicted octanol–water partition coefficient (Wildman–Crippen LogP) is 3.97. The van der Waals surface area contributed by atoms with Gasteiger partial charge in [0, 0.05) is 6.20 Å². The minimum atomic E-state index is -0.423. The summed E-state index contributed by atoms with van der Waals surface area (Å²) in [6, 6.07) is 6.48. The molecule has 21 heavy (non-hydrogen) atoms. The lowest BCUT2D eigenvalue weighted by Gasteiger charge is -2.21. The van der Waals surface area contributed by atoms with Gasteiger partial charge >= 0.3 is 0 Å². The number of hydrogen-bond acceptors (Lipinski definition) is 3. The van der Waals surface area contributed by atoms with Gasteiger partial charge in [-0.2, -0.15) is 0 Å². The molecule has 1 aromatic heterocycles. The van der Waals surface area contributed by atoms with Crippen molar-refractivity contribution >= 4 is 11.6 Å². The second kappa shape index (κ2) is 7.38. The summed E-state index contributed by atoms with van der Waals surface area (Å²) in [5.41, 5.74) is 1.58. The smallest absolute Gasteiger partial charge is 0.142 e. The third-order valence-corrected chi connectivity index (χ3v) is 3.59. The van der Waals surface area contributed by atoms with E-state index in [9.17, 15) is 4.39 Å². The van der Waals surface area contributed by atoms with Crippen LogP contribution in [0.1, 0.15) is 30.5 Å². The lowest BCUT2D eigenvalue weighted by molar-refractivity contribution is 0.411. The molecule has 0 aliphatic carbocycles. The van der Waals surface area contributed by atoms with Crippen LogP contribution in [0.4, 0.5) is 4.39 Å². The molecule has 2 aromatic rings. The van der Waals surface area contributed by atoms with Crippen molar-refractivity contribution in [3.63, 3.8) is 0 Å². The molecular formula is C16H18ClFN2O. The molecule has 0 radical (unpaired) electrons. The summed E-state index contributed by atoms with van der Waals surface area (Å²) in [7, 11) is 1.59. The summed E-state index contributed by atoms with van der Waals surface area (Å²) in [5.74, 6) is 0.233. The fourth-order valence-corrected chi connectivity index (χ4v) is 2.38. The second-order valence-corrected chi connectivity index (χ2v) is 5.07. The summed E-state index contributed by atoms with van der Waals surface area (Å²) in [5, 5.41) is 3.51. The van der Waals surface area contributed by atoms with Gasteiger partial charge in [0.1, 0.15) is 11.6 Å². The van der Waals surface area contributed by atoms with Gasteiger partial charge in [-0.15, -0.1) is 0 Å². The molecule has 3 nitrogen and oxygen atoms in total. The Hall–Kier alpha value is -1.65. The number of pyridine rings is 1. The van der Waals surface area contributed by atoms with Crippen molar-refractivity contribution in [2.75, 3.05) is 13.7 Å². The molecule has 1 unspecified atom stereocenters. The van der Waals surface area contributed by atoms with Crippen LogP contribution in [0, 0.1) is 5.82 Å². The van der Waals surface area contributed by atoms with Crippen LogP contribution in [-0.4, -0.2) is 18.6 Å². The monoisotopic (exact) mass is 308 g/mol. The number of aromatic nitrogens is 1. The number of hydrogen-bond donors (Lipinski definition) is 1. The minimum absolute atomic E-state index is 0.133. The van der Waals surface area contributed by atoms with Gasteiger partial charge in [0.2, 0.25) is 0 Å². The maximum atomic E-state index is 13.7. The molecule has 1 aromatic carbocycles. The Morgan fingerprint density at radius 2 is 2.19 bits per heavy atom. The molecule has 0 aliphatic rings. The summed E-state index contributed by atoms with van der Waals surface area (Å²) >= 11 is 6.12. The van der Waals surface area contributed by atoms with Crippen LogP contribution in [0.3, 0.4) is 0 Å². The van der Waals surface area contributed by atoms with Crippen LogP contribution in [0.25, 0.3) is 0 Å². The van der Waals surface area contributed by atoms with E-state index in [4.69, 9.17) is 16.3 Å². The molecule has 112 valence electrons. The highest BCUT2D eigenvalue weighted by Crippen LogP contribution is 2.31. The highest BCUT2D eigenvalue weighted by atomic mass is 35.5. The molecule has 0 fully saturated rings. The molecule has 0 amide bonds. The van der Waals surface area contributed by atoms with E-state index >= 15 is 0 Å². The average molecular weight is 309 g/mol. The Bertz CT molecular complexity index is 607. The molecule has 5 heteroatoms. The first-order valence-corrected chi connectivity index (χ1v) is 7.21. The number of rotatable bonds is 6. The van der Waals surface area contributed by atoms with E-state index in [-0.39, 0.29) is 11.1 Å². The minimum Gasteiger partial charge on any atom is -0.495 e. The number of halogens is 2. The van der Waals surface area contributed by atoms with Crippen molar-refractivity contribution in [1.29, 1.82) is 0 Å². The summed E-state index contributed by atoms with van der Waals surface area (Å²) in [6.45, 7) is 2.86. The van der Waals surface area contributed by atoms with Gasteiger partial charge < -0.3 is 10.1 Å². The quantitative estimate of drug-likeness (QED) is 0.876. The van der Waals surface area contributed by atoms with Crippen molar-refractivity contribution in [3.05, 3.63) is 58.6 Å². The van der Waals surface area contributed by atoms with Crippen molar-refractivity contribution in [1.82, 2.24) is 10.3 Å². The molecule has 0 saturated heterocycles. The third kappa shape index (κ3) is 3.71. The molecule has 0 bridgehead atoms. The average Bonchev–Trinajstić information content (AvgIpc) is 2.52. The Labute approximate surface area is 129 Å². The van der Waals surface area contributed by atoms with Gasteiger partial charge in [-0.25, -0.2) is 4.39 Å². The van der Waals surface area contributed by atoms with Gasteiger partial charge in [0.25, 0.3) is 0 Å². The first-order valence-electron chi connectivity index (χ1n) is 6.83. The highest BCUT2D eigenvalue weighted by Gasteiger charge is 2.19. The molecule has 1 heterocycles. The van der Waals surface area contributed by atoms with E-state index in [1.807, 2.05) is 12.1 Å². The normalized spacial score (nSPS) is 12.2. The molecule has 0 saturated carbocycles. The molecule has 2 rings (SSSR count). The Kier molecular flexibility index (Phi) is 5.53. The zero-order valence-corrected chi connectivity index (χ0v) is 12.8. The van der Waals surface area contributed by atoms with Gasteiger partial charge in [-0.3, -0.25) is 4.98 Å². The van der Waals surface area contributed by atoms with Crippen molar-refractivity contribution in [3.8, 4) is 5.75 Å². The Balaban J connectivity index is 2.44.